The van der Waals surface area contributed by atoms with Crippen LogP contribution in [-0.4, -0.2) is 15.7 Å². The van der Waals surface area contributed by atoms with Crippen LogP contribution in [0.5, 0.6) is 0 Å². The Morgan fingerprint density at radius 2 is 2.11 bits per heavy atom. The van der Waals surface area contributed by atoms with Crippen molar-refractivity contribution in [2.45, 2.75) is 52.0 Å². The van der Waals surface area contributed by atoms with E-state index in [1.807, 2.05) is 0 Å². The molecule has 1 aliphatic rings. The first-order chi connectivity index (χ1) is 8.30. The van der Waals surface area contributed by atoms with Crippen LogP contribution in [0.25, 0.3) is 0 Å². The van der Waals surface area contributed by atoms with Gasteiger partial charge in [0.05, 0.1) is 22.6 Å². The molecule has 1 saturated carbocycles. The van der Waals surface area contributed by atoms with Crippen molar-refractivity contribution < 1.29 is 8.78 Å². The Balaban J connectivity index is 2.07. The number of aromatic nitrogens is 2. The van der Waals surface area contributed by atoms with Crippen molar-refractivity contribution in [2.75, 3.05) is 0 Å². The molecule has 0 spiro atoms. The van der Waals surface area contributed by atoms with Crippen molar-refractivity contribution in [3.63, 3.8) is 0 Å². The van der Waals surface area contributed by atoms with E-state index >= 15 is 0 Å². The number of rotatable bonds is 6. The molecule has 0 N–H and O–H groups in total. The molecule has 0 radical (unpaired) electrons. The van der Waals surface area contributed by atoms with Crippen LogP contribution in [0.2, 0.25) is 0 Å². The molecule has 18 heavy (non-hydrogen) atoms. The number of alkyl halides is 2. The van der Waals surface area contributed by atoms with Gasteiger partial charge in [0.15, 0.2) is 0 Å². The van der Waals surface area contributed by atoms with Crippen LogP contribution in [0.15, 0.2) is 16.9 Å². The third-order valence-electron chi connectivity index (χ3n) is 3.97. The van der Waals surface area contributed by atoms with Gasteiger partial charge in [0.25, 0.3) is 5.92 Å². The monoisotopic (exact) mass is 320 g/mol. The molecular weight excluding hydrogens is 302 g/mol. The highest BCUT2D eigenvalue weighted by Gasteiger charge is 2.46. The van der Waals surface area contributed by atoms with Gasteiger partial charge in [0.2, 0.25) is 0 Å². The van der Waals surface area contributed by atoms with Gasteiger partial charge >= 0.3 is 0 Å². The minimum atomic E-state index is -2.69. The summed E-state index contributed by atoms with van der Waals surface area (Å²) in [5.41, 5.74) is -1.03. The largest absolute Gasteiger partial charge is 0.271 e. The van der Waals surface area contributed by atoms with Crippen LogP contribution in [0.3, 0.4) is 0 Å². The van der Waals surface area contributed by atoms with Crippen molar-refractivity contribution in [1.29, 1.82) is 0 Å². The molecule has 2 nitrogen and oxygen atoms in total. The SMILES string of the molecule is CC(F)(F)C(C)(CCC1CC1)Cn1cc(Br)cn1. The summed E-state index contributed by atoms with van der Waals surface area (Å²) in [6, 6.07) is 0. The molecule has 2 rings (SSSR count). The smallest absolute Gasteiger partial charge is 0.252 e. The summed E-state index contributed by atoms with van der Waals surface area (Å²) in [5.74, 6) is -2.02. The van der Waals surface area contributed by atoms with Crippen molar-refractivity contribution in [3.8, 4) is 0 Å². The van der Waals surface area contributed by atoms with Gasteiger partial charge in [0.1, 0.15) is 0 Å². The van der Waals surface area contributed by atoms with Gasteiger partial charge in [-0.1, -0.05) is 19.8 Å². The Morgan fingerprint density at radius 3 is 2.56 bits per heavy atom. The number of nitrogens with zero attached hydrogens (tertiary/aromatic N) is 2. The maximum absolute atomic E-state index is 13.9. The predicted molar refractivity (Wildman–Crippen MR) is 70.6 cm³/mol. The topological polar surface area (TPSA) is 17.8 Å². The van der Waals surface area contributed by atoms with E-state index in [1.165, 1.54) is 12.8 Å². The average molecular weight is 321 g/mol. The predicted octanol–water partition coefficient (Wildman–Crippen LogP) is 4.50. The van der Waals surface area contributed by atoms with E-state index in [9.17, 15) is 8.78 Å². The van der Waals surface area contributed by atoms with Crippen LogP contribution in [0.4, 0.5) is 8.78 Å². The fraction of sp³-hybridized carbons (Fsp3) is 0.769. The van der Waals surface area contributed by atoms with Gasteiger partial charge in [-0.15, -0.1) is 0 Å². The third kappa shape index (κ3) is 3.31. The quantitative estimate of drug-likeness (QED) is 0.754. The summed E-state index contributed by atoms with van der Waals surface area (Å²) < 4.78 is 30.2. The fourth-order valence-corrected chi connectivity index (χ4v) is 2.48. The Labute approximate surface area is 115 Å². The zero-order chi connectivity index (χ0) is 13.4. The molecule has 1 heterocycles. The van der Waals surface area contributed by atoms with E-state index in [-0.39, 0.29) is 6.54 Å². The molecular formula is C13H19BrF2N2. The Hall–Kier alpha value is -0.450. The summed E-state index contributed by atoms with van der Waals surface area (Å²) in [6.45, 7) is 2.96. The fourth-order valence-electron chi connectivity index (χ4n) is 2.15. The summed E-state index contributed by atoms with van der Waals surface area (Å²) in [6.07, 6.45) is 7.26. The molecule has 1 fully saturated rings. The minimum absolute atomic E-state index is 0.259. The first-order valence-corrected chi connectivity index (χ1v) is 7.15. The third-order valence-corrected chi connectivity index (χ3v) is 4.38. The van der Waals surface area contributed by atoms with Gasteiger partial charge in [0, 0.05) is 6.20 Å². The summed E-state index contributed by atoms with van der Waals surface area (Å²) in [4.78, 5) is 0. The van der Waals surface area contributed by atoms with Crippen molar-refractivity contribution in [3.05, 3.63) is 16.9 Å². The highest BCUT2D eigenvalue weighted by Crippen LogP contribution is 2.45. The Kier molecular flexibility index (Phi) is 3.81. The summed E-state index contributed by atoms with van der Waals surface area (Å²) in [5, 5.41) is 4.09. The standard InChI is InChI=1S/C13H19BrF2N2/c1-12(13(2,15)16,6-5-10-3-4-10)9-18-8-11(14)7-17-18/h7-8,10H,3-6,9H2,1-2H3. The molecule has 1 aliphatic carbocycles. The number of hydrogen-bond donors (Lipinski definition) is 0. The maximum atomic E-state index is 13.9. The van der Waals surface area contributed by atoms with Crippen LogP contribution >= 0.6 is 15.9 Å². The van der Waals surface area contributed by atoms with Crippen LogP contribution in [0, 0.1) is 11.3 Å². The lowest BCUT2D eigenvalue weighted by Crippen LogP contribution is -2.40. The normalized spacial score (nSPS) is 19.8. The Bertz CT molecular complexity index is 409. The van der Waals surface area contributed by atoms with Crippen LogP contribution in [-0.2, 0) is 6.54 Å². The zero-order valence-electron chi connectivity index (χ0n) is 10.8. The van der Waals surface area contributed by atoms with Gasteiger partial charge < -0.3 is 0 Å². The second-order valence-corrected chi connectivity index (χ2v) is 6.70. The van der Waals surface area contributed by atoms with Gasteiger partial charge in [-0.2, -0.15) is 5.10 Å². The lowest BCUT2D eigenvalue weighted by molar-refractivity contribution is -0.113. The number of halogens is 3. The Morgan fingerprint density at radius 1 is 1.44 bits per heavy atom. The first kappa shape index (κ1) is 14.0. The highest BCUT2D eigenvalue weighted by molar-refractivity contribution is 9.10. The first-order valence-electron chi connectivity index (χ1n) is 6.36. The molecule has 0 aromatic carbocycles. The van der Waals surface area contributed by atoms with Gasteiger partial charge in [-0.25, -0.2) is 8.78 Å². The van der Waals surface area contributed by atoms with E-state index in [4.69, 9.17) is 0 Å². The minimum Gasteiger partial charge on any atom is -0.271 e. The van der Waals surface area contributed by atoms with Gasteiger partial charge in [-0.3, -0.25) is 4.68 Å². The second-order valence-electron chi connectivity index (χ2n) is 5.79. The molecule has 0 saturated heterocycles. The second kappa shape index (κ2) is 4.91. The molecule has 0 aliphatic heterocycles. The molecule has 1 aromatic rings. The van der Waals surface area contributed by atoms with E-state index in [2.05, 4.69) is 21.0 Å². The zero-order valence-corrected chi connectivity index (χ0v) is 12.4. The summed E-state index contributed by atoms with van der Waals surface area (Å²) in [7, 11) is 0. The molecule has 1 aromatic heterocycles. The lowest BCUT2D eigenvalue weighted by atomic mass is 9.79. The van der Waals surface area contributed by atoms with Crippen LogP contribution in [0.1, 0.15) is 39.5 Å². The van der Waals surface area contributed by atoms with E-state index in [0.717, 1.165) is 17.8 Å². The molecule has 1 unspecified atom stereocenters. The lowest BCUT2D eigenvalue weighted by Gasteiger charge is -2.35. The highest BCUT2D eigenvalue weighted by atomic mass is 79.9. The van der Waals surface area contributed by atoms with Crippen molar-refractivity contribution in [2.24, 2.45) is 11.3 Å². The molecule has 1 atom stereocenters. The molecule has 5 heteroatoms. The average Bonchev–Trinajstić information content (AvgIpc) is 2.99. The van der Waals surface area contributed by atoms with Gasteiger partial charge in [-0.05, 0) is 41.6 Å². The maximum Gasteiger partial charge on any atom is 0.252 e. The number of hydrogen-bond acceptors (Lipinski definition) is 1. The van der Waals surface area contributed by atoms with E-state index < -0.39 is 11.3 Å². The van der Waals surface area contributed by atoms with Crippen LogP contribution < -0.4 is 0 Å². The van der Waals surface area contributed by atoms with E-state index in [1.54, 1.807) is 24.0 Å². The van der Waals surface area contributed by atoms with E-state index in [0.29, 0.717) is 12.3 Å². The van der Waals surface area contributed by atoms with Crippen molar-refractivity contribution >= 4 is 15.9 Å². The molecule has 102 valence electrons. The summed E-state index contributed by atoms with van der Waals surface area (Å²) >= 11 is 3.29. The molecule has 0 bridgehead atoms. The van der Waals surface area contributed by atoms with Crippen molar-refractivity contribution in [1.82, 2.24) is 9.78 Å². The molecule has 0 amide bonds.